The highest BCUT2D eigenvalue weighted by Gasteiger charge is 1.96. The summed E-state index contributed by atoms with van der Waals surface area (Å²) in [6.07, 6.45) is 2.06. The van der Waals surface area contributed by atoms with E-state index in [1.807, 2.05) is 79.7 Å². The van der Waals surface area contributed by atoms with E-state index in [1.54, 1.807) is 24.3 Å². The monoisotopic (exact) mass is 364 g/mol. The molecule has 2 nitrogen and oxygen atoms in total. The van der Waals surface area contributed by atoms with Crippen LogP contribution in [0.3, 0.4) is 0 Å². The van der Waals surface area contributed by atoms with Crippen LogP contribution in [-0.2, 0) is 6.42 Å². The first-order valence-electron chi connectivity index (χ1n) is 10.2. The molecule has 0 amide bonds. The molecule has 0 aliphatic carbocycles. The van der Waals surface area contributed by atoms with Crippen LogP contribution < -0.4 is 0 Å². The van der Waals surface area contributed by atoms with Crippen molar-refractivity contribution >= 4 is 0 Å². The molecule has 0 unspecified atom stereocenters. The highest BCUT2D eigenvalue weighted by Crippen LogP contribution is 2.16. The quantitative estimate of drug-likeness (QED) is 0.563. The maximum absolute atomic E-state index is 9.13. The molecule has 0 atom stereocenters. The molecule has 0 aromatic heterocycles. The fraction of sp³-hybridized carbons (Fsp3) is 0.500. The molecule has 0 heterocycles. The van der Waals surface area contributed by atoms with Gasteiger partial charge in [0.25, 0.3) is 0 Å². The van der Waals surface area contributed by atoms with Crippen molar-refractivity contribution < 1.29 is 10.2 Å². The molecule has 2 heteroatoms. The van der Waals surface area contributed by atoms with Gasteiger partial charge in [0.2, 0.25) is 0 Å². The van der Waals surface area contributed by atoms with E-state index in [2.05, 4.69) is 13.8 Å². The van der Waals surface area contributed by atoms with Gasteiger partial charge in [-0.25, -0.2) is 0 Å². The standard InChI is InChI=1S/C13H12O2.C3H8.4C2H6/c14-12-5-1-10(2-6-12)9-11-3-7-13(15)8-4-11;1-3-2;4*1-2/h1-8,14-15H,9H2;3H2,1-2H3;4*1-2H3. The lowest BCUT2D eigenvalue weighted by Gasteiger charge is -2.02. The second-order valence-electron chi connectivity index (χ2n) is 4.22. The number of hydrogen-bond acceptors (Lipinski definition) is 2. The van der Waals surface area contributed by atoms with Gasteiger partial charge in [0.05, 0.1) is 0 Å². The Hall–Kier alpha value is -1.96. The molecule has 0 spiro atoms. The molecule has 0 aliphatic rings. The molecular weight excluding hydrogens is 320 g/mol. The smallest absolute Gasteiger partial charge is 0.115 e. The van der Waals surface area contributed by atoms with Crippen molar-refractivity contribution in [2.75, 3.05) is 0 Å². The number of phenolic OH excluding ortho intramolecular Hbond substituents is 2. The molecule has 0 bridgehead atoms. The van der Waals surface area contributed by atoms with Gasteiger partial charge in [0, 0.05) is 0 Å². The molecule has 2 aromatic rings. The highest BCUT2D eigenvalue weighted by atomic mass is 16.3. The second-order valence-corrected chi connectivity index (χ2v) is 4.22. The first-order chi connectivity index (χ1) is 12.7. The lowest BCUT2D eigenvalue weighted by molar-refractivity contribution is 0.475. The summed E-state index contributed by atoms with van der Waals surface area (Å²) in [6, 6.07) is 14.3. The van der Waals surface area contributed by atoms with Gasteiger partial charge in [-0.05, 0) is 41.8 Å². The Morgan fingerprint density at radius 3 is 0.885 bits per heavy atom. The summed E-state index contributed by atoms with van der Waals surface area (Å²) in [5.41, 5.74) is 2.27. The predicted octanol–water partition coefficient (Wildman–Crippen LogP) is 8.21. The molecule has 2 rings (SSSR count). The van der Waals surface area contributed by atoms with Gasteiger partial charge < -0.3 is 10.2 Å². The van der Waals surface area contributed by atoms with E-state index in [-0.39, 0.29) is 11.5 Å². The third kappa shape index (κ3) is 20.1. The van der Waals surface area contributed by atoms with Crippen LogP contribution >= 0.6 is 0 Å². The zero-order valence-electron chi connectivity index (χ0n) is 18.9. The predicted molar refractivity (Wildman–Crippen MR) is 120 cm³/mol. The highest BCUT2D eigenvalue weighted by molar-refractivity contribution is 5.32. The van der Waals surface area contributed by atoms with Crippen LogP contribution in [0.15, 0.2) is 48.5 Å². The normalized spacial score (nSPS) is 7.46. The fourth-order valence-electron chi connectivity index (χ4n) is 1.46. The zero-order chi connectivity index (χ0) is 21.4. The van der Waals surface area contributed by atoms with Gasteiger partial charge in [-0.1, -0.05) is 99.9 Å². The van der Waals surface area contributed by atoms with E-state index in [4.69, 9.17) is 10.2 Å². The van der Waals surface area contributed by atoms with Crippen LogP contribution in [0.2, 0.25) is 0 Å². The fourth-order valence-corrected chi connectivity index (χ4v) is 1.46. The molecular formula is C24H44O2. The van der Waals surface area contributed by atoms with Crippen molar-refractivity contribution in [3.63, 3.8) is 0 Å². The van der Waals surface area contributed by atoms with Crippen molar-refractivity contribution in [3.8, 4) is 11.5 Å². The van der Waals surface area contributed by atoms with E-state index >= 15 is 0 Å². The van der Waals surface area contributed by atoms with E-state index in [1.165, 1.54) is 6.42 Å². The Morgan fingerprint density at radius 1 is 0.500 bits per heavy atom. The molecule has 0 saturated heterocycles. The Bertz CT molecular complexity index is 401. The average Bonchev–Trinajstić information content (AvgIpc) is 2.72. The van der Waals surface area contributed by atoms with Gasteiger partial charge in [0.1, 0.15) is 11.5 Å². The van der Waals surface area contributed by atoms with E-state index in [0.717, 1.165) is 17.5 Å². The number of rotatable bonds is 2. The first kappa shape index (κ1) is 31.8. The average molecular weight is 365 g/mol. The Labute approximate surface area is 163 Å². The largest absolute Gasteiger partial charge is 0.508 e. The number of hydrogen-bond donors (Lipinski definition) is 2. The summed E-state index contributed by atoms with van der Waals surface area (Å²) in [5.74, 6) is 0.564. The van der Waals surface area contributed by atoms with Crippen LogP contribution in [0.4, 0.5) is 0 Å². The summed E-state index contributed by atoms with van der Waals surface area (Å²) in [7, 11) is 0. The van der Waals surface area contributed by atoms with Gasteiger partial charge in [-0.3, -0.25) is 0 Å². The van der Waals surface area contributed by atoms with Gasteiger partial charge in [-0.15, -0.1) is 0 Å². The third-order valence-corrected chi connectivity index (χ3v) is 2.28. The maximum atomic E-state index is 9.13. The Balaban J connectivity index is -0.000000188. The van der Waals surface area contributed by atoms with Crippen molar-refractivity contribution in [2.24, 2.45) is 0 Å². The maximum Gasteiger partial charge on any atom is 0.115 e. The Kier molecular flexibility index (Phi) is 34.1. The van der Waals surface area contributed by atoms with E-state index in [0.29, 0.717) is 0 Å². The SMILES string of the molecule is CC.CC.CC.CC.CCC.Oc1ccc(Cc2ccc(O)cc2)cc1. The molecule has 0 radical (unpaired) electrons. The van der Waals surface area contributed by atoms with Crippen LogP contribution in [0.5, 0.6) is 11.5 Å². The summed E-state index contributed by atoms with van der Waals surface area (Å²) in [5, 5.41) is 18.3. The molecule has 152 valence electrons. The lowest BCUT2D eigenvalue weighted by Crippen LogP contribution is -1.86. The van der Waals surface area contributed by atoms with Crippen LogP contribution in [0.25, 0.3) is 0 Å². The van der Waals surface area contributed by atoms with E-state index < -0.39 is 0 Å². The van der Waals surface area contributed by atoms with Gasteiger partial charge in [-0.2, -0.15) is 0 Å². The van der Waals surface area contributed by atoms with Crippen molar-refractivity contribution in [1.29, 1.82) is 0 Å². The minimum atomic E-state index is 0.282. The third-order valence-electron chi connectivity index (χ3n) is 2.28. The number of phenols is 2. The molecule has 0 saturated carbocycles. The second kappa shape index (κ2) is 27.9. The summed E-state index contributed by atoms with van der Waals surface area (Å²) >= 11 is 0. The first-order valence-corrected chi connectivity index (χ1v) is 10.2. The Morgan fingerprint density at radius 2 is 0.692 bits per heavy atom. The van der Waals surface area contributed by atoms with Crippen LogP contribution in [0.1, 0.15) is 86.8 Å². The van der Waals surface area contributed by atoms with Crippen LogP contribution in [0, 0.1) is 0 Å². The van der Waals surface area contributed by atoms with Gasteiger partial charge >= 0.3 is 0 Å². The molecule has 2 aromatic carbocycles. The topological polar surface area (TPSA) is 40.5 Å². The van der Waals surface area contributed by atoms with Gasteiger partial charge in [0.15, 0.2) is 0 Å². The number of aromatic hydroxyl groups is 2. The summed E-state index contributed by atoms with van der Waals surface area (Å²) < 4.78 is 0. The van der Waals surface area contributed by atoms with Crippen molar-refractivity contribution in [2.45, 2.75) is 82.1 Å². The van der Waals surface area contributed by atoms with E-state index in [9.17, 15) is 0 Å². The minimum absolute atomic E-state index is 0.282. The zero-order valence-corrected chi connectivity index (χ0v) is 18.9. The molecule has 0 fully saturated rings. The molecule has 26 heavy (non-hydrogen) atoms. The summed E-state index contributed by atoms with van der Waals surface area (Å²) in [4.78, 5) is 0. The molecule has 0 aliphatic heterocycles. The van der Waals surface area contributed by atoms with Crippen LogP contribution in [-0.4, -0.2) is 10.2 Å². The lowest BCUT2D eigenvalue weighted by atomic mass is 10.1. The van der Waals surface area contributed by atoms with Crippen molar-refractivity contribution in [1.82, 2.24) is 0 Å². The summed E-state index contributed by atoms with van der Waals surface area (Å²) in [6.45, 7) is 20.2. The number of benzene rings is 2. The molecule has 2 N–H and O–H groups in total. The van der Waals surface area contributed by atoms with Crippen molar-refractivity contribution in [3.05, 3.63) is 59.7 Å². The minimum Gasteiger partial charge on any atom is -0.508 e.